The number of nitrogens with one attached hydrogen (secondary N) is 5. The van der Waals surface area contributed by atoms with Gasteiger partial charge in [-0.3, -0.25) is 24.0 Å². The first-order chi connectivity index (χ1) is 21.6. The normalized spacial score (nSPS) is 15.4. The molecule has 5 amide bonds. The number of hydrogen-bond acceptors (Lipinski definition) is 5. The number of aromatic amines is 1. The molecule has 0 bridgehead atoms. The molecule has 0 unspecified atom stereocenters. The molecule has 240 valence electrons. The summed E-state index contributed by atoms with van der Waals surface area (Å²) in [5, 5.41) is 11.9. The molecule has 1 heterocycles. The second-order valence-electron chi connectivity index (χ2n) is 12.0. The minimum Gasteiger partial charge on any atom is -0.361 e. The Labute approximate surface area is 263 Å². The van der Waals surface area contributed by atoms with Crippen molar-refractivity contribution in [1.29, 1.82) is 0 Å². The van der Waals surface area contributed by atoms with Crippen molar-refractivity contribution in [2.24, 2.45) is 5.92 Å². The van der Waals surface area contributed by atoms with E-state index in [-0.39, 0.29) is 37.1 Å². The van der Waals surface area contributed by atoms with Gasteiger partial charge >= 0.3 is 0 Å². The lowest BCUT2D eigenvalue weighted by Crippen LogP contribution is -2.57. The molecule has 1 saturated carbocycles. The van der Waals surface area contributed by atoms with Gasteiger partial charge in [-0.15, -0.1) is 0 Å². The number of carbonyl (C=O) groups excluding carboxylic acids is 5. The molecule has 1 aliphatic carbocycles. The van der Waals surface area contributed by atoms with Gasteiger partial charge in [0.15, 0.2) is 0 Å². The number of rotatable bonds is 13. The van der Waals surface area contributed by atoms with Crippen LogP contribution >= 0.6 is 0 Å². The molecule has 0 aliphatic heterocycles. The van der Waals surface area contributed by atoms with Crippen LogP contribution in [0.4, 0.5) is 0 Å². The zero-order valence-corrected chi connectivity index (χ0v) is 26.2. The molecule has 3 atom stereocenters. The second-order valence-corrected chi connectivity index (χ2v) is 12.0. The molecule has 0 saturated heterocycles. The van der Waals surface area contributed by atoms with E-state index >= 15 is 0 Å². The summed E-state index contributed by atoms with van der Waals surface area (Å²) in [6.07, 6.45) is 6.98. The Morgan fingerprint density at radius 2 is 1.49 bits per heavy atom. The van der Waals surface area contributed by atoms with Crippen molar-refractivity contribution < 1.29 is 24.0 Å². The topological polar surface area (TPSA) is 152 Å². The minimum atomic E-state index is -1.05. The predicted octanol–water partition coefficient (Wildman–Crippen LogP) is 2.21. The van der Waals surface area contributed by atoms with Gasteiger partial charge in [-0.25, -0.2) is 0 Å². The van der Waals surface area contributed by atoms with Crippen LogP contribution in [-0.4, -0.2) is 78.2 Å². The molecule has 5 N–H and O–H groups in total. The standard InChI is InChI=1S/C34H44N6O5/c1-22(37-30(41)21-36-32(43)24-14-8-5-9-15-24)31(42)38-28(19-25-20-35-27-17-11-10-16-26(25)27)33(44)39-29(34(45)40(2)3)18-23-12-6-4-7-13-23/h4,6-7,10-13,16-17,20,22,24,28-29,35H,5,8-9,14-15,18-19,21H2,1-3H3,(H,36,43)(H,37,41)(H,38,42)(H,39,44)/t22-,28+,29-/m0/s1. The third-order valence-corrected chi connectivity index (χ3v) is 8.24. The average Bonchev–Trinajstić information content (AvgIpc) is 3.46. The maximum atomic E-state index is 13.8. The molecule has 4 rings (SSSR count). The van der Waals surface area contributed by atoms with E-state index in [0.717, 1.165) is 54.1 Å². The fourth-order valence-electron chi connectivity index (χ4n) is 5.69. The van der Waals surface area contributed by atoms with Crippen molar-refractivity contribution in [2.75, 3.05) is 20.6 Å². The fourth-order valence-corrected chi connectivity index (χ4v) is 5.69. The zero-order valence-electron chi connectivity index (χ0n) is 26.2. The number of aromatic nitrogens is 1. The van der Waals surface area contributed by atoms with Crippen LogP contribution in [0.25, 0.3) is 10.9 Å². The van der Waals surface area contributed by atoms with Crippen LogP contribution in [0.3, 0.4) is 0 Å². The Hall–Kier alpha value is -4.67. The highest BCUT2D eigenvalue weighted by molar-refractivity contribution is 5.95. The van der Waals surface area contributed by atoms with E-state index in [2.05, 4.69) is 26.3 Å². The molecule has 3 aromatic rings. The Morgan fingerprint density at radius 3 is 2.20 bits per heavy atom. The smallest absolute Gasteiger partial charge is 0.244 e. The number of hydrogen-bond donors (Lipinski definition) is 5. The van der Waals surface area contributed by atoms with Gasteiger partial charge in [0.1, 0.15) is 18.1 Å². The maximum Gasteiger partial charge on any atom is 0.244 e. The summed E-state index contributed by atoms with van der Waals surface area (Å²) >= 11 is 0. The Kier molecular flexibility index (Phi) is 11.7. The average molecular weight is 617 g/mol. The van der Waals surface area contributed by atoms with E-state index in [1.807, 2.05) is 54.6 Å². The van der Waals surface area contributed by atoms with Crippen LogP contribution in [0.5, 0.6) is 0 Å². The van der Waals surface area contributed by atoms with E-state index in [1.165, 1.54) is 11.8 Å². The fraction of sp³-hybridized carbons (Fsp3) is 0.441. The summed E-state index contributed by atoms with van der Waals surface area (Å²) in [5.41, 5.74) is 2.58. The van der Waals surface area contributed by atoms with Gasteiger partial charge in [-0.2, -0.15) is 0 Å². The first-order valence-corrected chi connectivity index (χ1v) is 15.6. The van der Waals surface area contributed by atoms with Crippen LogP contribution in [-0.2, 0) is 36.8 Å². The highest BCUT2D eigenvalue weighted by atomic mass is 16.2. The Bertz CT molecular complexity index is 1480. The quantitative estimate of drug-likeness (QED) is 0.199. The molecule has 0 radical (unpaired) electrons. The van der Waals surface area contributed by atoms with Crippen molar-refractivity contribution >= 4 is 40.4 Å². The number of fused-ring (bicyclic) bond motifs is 1. The van der Waals surface area contributed by atoms with Crippen molar-refractivity contribution in [3.05, 3.63) is 71.9 Å². The summed E-state index contributed by atoms with van der Waals surface area (Å²) in [5.74, 6) is -2.10. The van der Waals surface area contributed by atoms with Crippen molar-refractivity contribution in [2.45, 2.75) is 70.0 Å². The molecular weight excluding hydrogens is 572 g/mol. The number of carbonyl (C=O) groups is 5. The van der Waals surface area contributed by atoms with E-state index in [9.17, 15) is 24.0 Å². The molecule has 0 spiro atoms. The van der Waals surface area contributed by atoms with Crippen molar-refractivity contribution in [3.8, 4) is 0 Å². The van der Waals surface area contributed by atoms with E-state index in [4.69, 9.17) is 0 Å². The van der Waals surface area contributed by atoms with E-state index < -0.39 is 35.8 Å². The van der Waals surface area contributed by atoms with Crippen molar-refractivity contribution in [3.63, 3.8) is 0 Å². The summed E-state index contributed by atoms with van der Waals surface area (Å²) in [6.45, 7) is 1.28. The van der Waals surface area contributed by atoms with Gasteiger partial charge in [0.25, 0.3) is 0 Å². The number of benzene rings is 2. The van der Waals surface area contributed by atoms with Gasteiger partial charge in [-0.05, 0) is 37.0 Å². The minimum absolute atomic E-state index is 0.0823. The molecule has 45 heavy (non-hydrogen) atoms. The number of likely N-dealkylation sites (N-methyl/N-ethyl adjacent to an activating group) is 1. The predicted molar refractivity (Wildman–Crippen MR) is 172 cm³/mol. The molecule has 1 aromatic heterocycles. The summed E-state index contributed by atoms with van der Waals surface area (Å²) < 4.78 is 0. The second kappa shape index (κ2) is 15.9. The third-order valence-electron chi connectivity index (χ3n) is 8.24. The van der Waals surface area contributed by atoms with Gasteiger partial charge in [0.05, 0.1) is 6.54 Å². The summed E-state index contributed by atoms with van der Waals surface area (Å²) in [6, 6.07) is 14.1. The molecular formula is C34H44N6O5. The van der Waals surface area contributed by atoms with Crippen LogP contribution in [0, 0.1) is 5.92 Å². The third kappa shape index (κ3) is 9.41. The highest BCUT2D eigenvalue weighted by Crippen LogP contribution is 2.23. The summed E-state index contributed by atoms with van der Waals surface area (Å²) in [4.78, 5) is 69.9. The van der Waals surface area contributed by atoms with Crippen molar-refractivity contribution in [1.82, 2.24) is 31.2 Å². The van der Waals surface area contributed by atoms with Crippen LogP contribution in [0.2, 0.25) is 0 Å². The lowest BCUT2D eigenvalue weighted by Gasteiger charge is -2.26. The maximum absolute atomic E-state index is 13.8. The van der Waals surface area contributed by atoms with Gasteiger partial charge in [0, 0.05) is 50.0 Å². The summed E-state index contributed by atoms with van der Waals surface area (Å²) in [7, 11) is 3.25. The first kappa shape index (κ1) is 33.2. The Morgan fingerprint density at radius 1 is 0.822 bits per heavy atom. The largest absolute Gasteiger partial charge is 0.361 e. The SMILES string of the molecule is C[C@H](NC(=O)CNC(=O)C1CCCCC1)C(=O)N[C@H](Cc1c[nH]c2ccccc12)C(=O)N[C@@H](Cc1ccccc1)C(=O)N(C)C. The molecule has 1 aliphatic rings. The number of amides is 5. The lowest BCUT2D eigenvalue weighted by atomic mass is 9.89. The molecule has 11 heteroatoms. The van der Waals surface area contributed by atoms with E-state index in [0.29, 0.717) is 0 Å². The number of nitrogens with zero attached hydrogens (tertiary/aromatic N) is 1. The van der Waals surface area contributed by atoms with Gasteiger partial charge in [0.2, 0.25) is 29.5 Å². The van der Waals surface area contributed by atoms with E-state index in [1.54, 1.807) is 20.3 Å². The molecule has 11 nitrogen and oxygen atoms in total. The molecule has 2 aromatic carbocycles. The highest BCUT2D eigenvalue weighted by Gasteiger charge is 2.30. The Balaban J connectivity index is 1.45. The van der Waals surface area contributed by atoms with Crippen LogP contribution in [0.1, 0.15) is 50.2 Å². The number of H-pyrrole nitrogens is 1. The monoisotopic (exact) mass is 616 g/mol. The van der Waals surface area contributed by atoms with Crippen LogP contribution < -0.4 is 21.3 Å². The van der Waals surface area contributed by atoms with Gasteiger partial charge in [-0.1, -0.05) is 67.8 Å². The molecule has 1 fully saturated rings. The first-order valence-electron chi connectivity index (χ1n) is 15.6. The zero-order chi connectivity index (χ0) is 32.3. The van der Waals surface area contributed by atoms with Crippen LogP contribution in [0.15, 0.2) is 60.8 Å². The lowest BCUT2D eigenvalue weighted by molar-refractivity contribution is -0.136. The van der Waals surface area contributed by atoms with Gasteiger partial charge < -0.3 is 31.2 Å². The number of para-hydroxylation sites is 1.